The van der Waals surface area contributed by atoms with Crippen LogP contribution in [0, 0.1) is 0 Å². The monoisotopic (exact) mass is 253 g/mol. The van der Waals surface area contributed by atoms with Gasteiger partial charge in [-0.15, -0.1) is 0 Å². The Labute approximate surface area is 98.4 Å². The van der Waals surface area contributed by atoms with Gasteiger partial charge in [0.15, 0.2) is 3.67 Å². The first-order valence-electron chi connectivity index (χ1n) is 4.97. The van der Waals surface area contributed by atoms with Crippen LogP contribution in [0.25, 0.3) is 0 Å². The molecule has 0 unspecified atom stereocenters. The van der Waals surface area contributed by atoms with Crippen molar-refractivity contribution < 1.29 is 4.79 Å². The van der Waals surface area contributed by atoms with Crippen LogP contribution in [0.5, 0.6) is 0 Å². The van der Waals surface area contributed by atoms with Gasteiger partial charge in [0.2, 0.25) is 5.91 Å². The Morgan fingerprint density at radius 3 is 2.43 bits per heavy atom. The van der Waals surface area contributed by atoms with Crippen LogP contribution < -0.4 is 0 Å². The first kappa shape index (κ1) is 10.9. The van der Waals surface area contributed by atoms with Gasteiger partial charge in [0, 0.05) is 6.04 Å². The second-order valence-corrected chi connectivity index (χ2v) is 7.12. The van der Waals surface area contributed by atoms with Crippen LogP contribution in [-0.4, -0.2) is 19.9 Å². The minimum atomic E-state index is -0.922. The summed E-state index contributed by atoms with van der Waals surface area (Å²) in [6.45, 7) is 0. The number of rotatable bonds is 1. The molecule has 80 valence electrons. The van der Waals surface area contributed by atoms with E-state index in [9.17, 15) is 4.79 Å². The van der Waals surface area contributed by atoms with E-state index in [1.54, 1.807) is 4.31 Å². The van der Waals surface area contributed by atoms with E-state index in [4.69, 9.17) is 23.2 Å². The van der Waals surface area contributed by atoms with Gasteiger partial charge >= 0.3 is 0 Å². The van der Waals surface area contributed by atoms with Gasteiger partial charge in [0.1, 0.15) is 0 Å². The molecule has 0 spiro atoms. The molecule has 14 heavy (non-hydrogen) atoms. The molecule has 0 aromatic heterocycles. The number of carbonyl (C=O) groups is 1. The maximum atomic E-state index is 11.6. The zero-order valence-corrected chi connectivity index (χ0v) is 10.2. The summed E-state index contributed by atoms with van der Waals surface area (Å²) in [5.74, 6) is 0.0897. The molecular weight excluding hydrogens is 241 g/mol. The van der Waals surface area contributed by atoms with Gasteiger partial charge in [-0.1, -0.05) is 42.5 Å². The summed E-state index contributed by atoms with van der Waals surface area (Å²) in [5.41, 5.74) is 0. The summed E-state index contributed by atoms with van der Waals surface area (Å²) >= 11 is 13.2. The Kier molecular flexibility index (Phi) is 3.20. The second kappa shape index (κ2) is 4.11. The lowest BCUT2D eigenvalue weighted by Gasteiger charge is -2.30. The molecule has 1 saturated heterocycles. The number of hydrogen-bond donors (Lipinski definition) is 0. The van der Waals surface area contributed by atoms with Crippen molar-refractivity contribution in [1.82, 2.24) is 4.31 Å². The predicted molar refractivity (Wildman–Crippen MR) is 60.4 cm³/mol. The van der Waals surface area contributed by atoms with E-state index < -0.39 is 3.67 Å². The van der Waals surface area contributed by atoms with Crippen molar-refractivity contribution in [2.75, 3.05) is 0 Å². The van der Waals surface area contributed by atoms with Crippen LogP contribution in [0.4, 0.5) is 0 Å². The lowest BCUT2D eigenvalue weighted by atomic mass is 9.95. The zero-order valence-electron chi connectivity index (χ0n) is 7.84. The number of hydrogen-bond acceptors (Lipinski definition) is 2. The van der Waals surface area contributed by atoms with Gasteiger partial charge in [0.05, 0.1) is 6.42 Å². The maximum absolute atomic E-state index is 11.6. The minimum absolute atomic E-state index is 0.0897. The Morgan fingerprint density at radius 1 is 1.29 bits per heavy atom. The minimum Gasteiger partial charge on any atom is -0.281 e. The summed E-state index contributed by atoms with van der Waals surface area (Å²) < 4.78 is 0.883. The standard InChI is InChI=1S/C9H13Cl2NOS/c10-9(11)6-8(13)12(14-9)7-4-2-1-3-5-7/h7H,1-6H2. The van der Waals surface area contributed by atoms with Crippen LogP contribution in [0.3, 0.4) is 0 Å². The lowest BCUT2D eigenvalue weighted by Crippen LogP contribution is -2.32. The first-order chi connectivity index (χ1) is 6.58. The summed E-state index contributed by atoms with van der Waals surface area (Å²) in [4.78, 5) is 11.6. The fourth-order valence-electron chi connectivity index (χ4n) is 2.07. The van der Waals surface area contributed by atoms with Crippen molar-refractivity contribution in [3.8, 4) is 0 Å². The van der Waals surface area contributed by atoms with E-state index in [-0.39, 0.29) is 12.3 Å². The predicted octanol–water partition coefficient (Wildman–Crippen LogP) is 3.33. The molecular formula is C9H13Cl2NOS. The third-order valence-electron chi connectivity index (χ3n) is 2.74. The van der Waals surface area contributed by atoms with E-state index in [2.05, 4.69) is 0 Å². The third kappa shape index (κ3) is 2.31. The quantitative estimate of drug-likeness (QED) is 0.528. The molecule has 1 aliphatic heterocycles. The van der Waals surface area contributed by atoms with Crippen LogP contribution in [0.2, 0.25) is 0 Å². The lowest BCUT2D eigenvalue weighted by molar-refractivity contribution is -0.126. The Hall–Kier alpha value is 0.400. The highest BCUT2D eigenvalue weighted by molar-refractivity contribution is 8.02. The third-order valence-corrected chi connectivity index (χ3v) is 4.53. The first-order valence-corrected chi connectivity index (χ1v) is 6.50. The smallest absolute Gasteiger partial charge is 0.236 e. The van der Waals surface area contributed by atoms with E-state index in [0.29, 0.717) is 6.04 Å². The molecule has 2 nitrogen and oxygen atoms in total. The normalized spacial score (nSPS) is 28.4. The fraction of sp³-hybridized carbons (Fsp3) is 0.889. The average molecular weight is 254 g/mol. The Bertz CT molecular complexity index is 241. The van der Waals surface area contributed by atoms with Gasteiger partial charge in [-0.25, -0.2) is 0 Å². The van der Waals surface area contributed by atoms with Gasteiger partial charge in [-0.2, -0.15) is 0 Å². The molecule has 5 heteroatoms. The molecule has 0 N–H and O–H groups in total. The van der Waals surface area contributed by atoms with Crippen molar-refractivity contribution in [3.63, 3.8) is 0 Å². The fourth-order valence-corrected chi connectivity index (χ4v) is 3.75. The average Bonchev–Trinajstić information content (AvgIpc) is 2.41. The topological polar surface area (TPSA) is 20.3 Å². The van der Waals surface area contributed by atoms with Crippen LogP contribution in [0.1, 0.15) is 38.5 Å². The van der Waals surface area contributed by atoms with E-state index in [0.717, 1.165) is 12.8 Å². The molecule has 0 aromatic rings. The highest BCUT2D eigenvalue weighted by Crippen LogP contribution is 2.49. The molecule has 1 saturated carbocycles. The van der Waals surface area contributed by atoms with Crippen molar-refractivity contribution in [3.05, 3.63) is 0 Å². The number of halogens is 2. The zero-order chi connectivity index (χ0) is 10.2. The molecule has 1 amide bonds. The van der Waals surface area contributed by atoms with Gasteiger partial charge in [0.25, 0.3) is 0 Å². The van der Waals surface area contributed by atoms with Crippen molar-refractivity contribution in [2.24, 2.45) is 0 Å². The molecule has 0 radical (unpaired) electrons. The summed E-state index contributed by atoms with van der Waals surface area (Å²) in [7, 11) is 0. The SMILES string of the molecule is O=C1CC(Cl)(Cl)SN1C1CCCCC1. The summed E-state index contributed by atoms with van der Waals surface area (Å²) in [6.07, 6.45) is 6.16. The molecule has 1 heterocycles. The van der Waals surface area contributed by atoms with Crippen LogP contribution in [-0.2, 0) is 4.79 Å². The number of carbonyl (C=O) groups excluding carboxylic acids is 1. The summed E-state index contributed by atoms with van der Waals surface area (Å²) in [6, 6.07) is 0.362. The highest BCUT2D eigenvalue weighted by atomic mass is 35.5. The highest BCUT2D eigenvalue weighted by Gasteiger charge is 2.44. The summed E-state index contributed by atoms with van der Waals surface area (Å²) in [5, 5.41) is 0. The van der Waals surface area contributed by atoms with Gasteiger partial charge < -0.3 is 0 Å². The van der Waals surface area contributed by atoms with E-state index in [1.165, 1.54) is 31.2 Å². The Morgan fingerprint density at radius 2 is 1.93 bits per heavy atom. The van der Waals surface area contributed by atoms with Crippen LogP contribution >= 0.6 is 35.1 Å². The maximum Gasteiger partial charge on any atom is 0.236 e. The molecule has 1 aliphatic carbocycles. The van der Waals surface area contributed by atoms with Crippen LogP contribution in [0.15, 0.2) is 0 Å². The molecule has 0 bridgehead atoms. The molecule has 2 aliphatic rings. The van der Waals surface area contributed by atoms with Crippen molar-refractivity contribution >= 4 is 41.1 Å². The largest absolute Gasteiger partial charge is 0.281 e. The van der Waals surface area contributed by atoms with E-state index >= 15 is 0 Å². The Balaban J connectivity index is 2.00. The number of alkyl halides is 2. The van der Waals surface area contributed by atoms with Crippen molar-refractivity contribution in [2.45, 2.75) is 48.2 Å². The van der Waals surface area contributed by atoms with E-state index in [1.807, 2.05) is 0 Å². The molecule has 2 rings (SSSR count). The molecule has 0 aromatic carbocycles. The second-order valence-electron chi connectivity index (χ2n) is 3.92. The van der Waals surface area contributed by atoms with Gasteiger partial charge in [-0.3, -0.25) is 9.10 Å². The van der Waals surface area contributed by atoms with Gasteiger partial charge in [-0.05, 0) is 24.8 Å². The molecule has 2 fully saturated rings. The number of amides is 1. The van der Waals surface area contributed by atoms with Crippen molar-refractivity contribution in [1.29, 1.82) is 0 Å². The molecule has 0 atom stereocenters. The number of nitrogens with zero attached hydrogens (tertiary/aromatic N) is 1.